The molecule has 0 radical (unpaired) electrons. The third-order valence-electron chi connectivity index (χ3n) is 1.20. The van der Waals surface area contributed by atoms with E-state index < -0.39 is 17.6 Å². The van der Waals surface area contributed by atoms with Crippen LogP contribution >= 0.6 is 0 Å². The van der Waals surface area contributed by atoms with Gasteiger partial charge in [0.2, 0.25) is 6.04 Å². The van der Waals surface area contributed by atoms with Crippen LogP contribution in [0, 0.1) is 11.3 Å². The van der Waals surface area contributed by atoms with Crippen molar-refractivity contribution in [2.24, 2.45) is 4.99 Å². The summed E-state index contributed by atoms with van der Waals surface area (Å²) in [4.78, 5) is 15.0. The van der Waals surface area contributed by atoms with Gasteiger partial charge in [-0.25, -0.2) is 9.79 Å². The van der Waals surface area contributed by atoms with Crippen molar-refractivity contribution in [1.82, 2.24) is 0 Å². The molecule has 0 aliphatic rings. The molecule has 15 heavy (non-hydrogen) atoms. The summed E-state index contributed by atoms with van der Waals surface area (Å²) in [6.07, 6.45) is 1.10. The van der Waals surface area contributed by atoms with E-state index in [9.17, 15) is 4.79 Å². The van der Waals surface area contributed by atoms with E-state index in [-0.39, 0.29) is 0 Å². The normalized spacial score (nSPS) is 13.3. The summed E-state index contributed by atoms with van der Waals surface area (Å²) in [5, 5.41) is 8.67. The number of aliphatic imine (C=N–C) groups is 1. The quantitative estimate of drug-likeness (QED) is 0.400. The number of esters is 1. The Hall–Kier alpha value is -1.57. The molecule has 0 saturated carbocycles. The standard InChI is InChI=1S/C10H16N2O3/c1-5-14-7-12-8(6-11)9(13)15-10(2,3)4/h7-8H,5H2,1-4H3/b12-7-. The molecule has 0 aromatic rings. The van der Waals surface area contributed by atoms with Gasteiger partial charge in [0.25, 0.3) is 0 Å². The van der Waals surface area contributed by atoms with Crippen molar-refractivity contribution in [3.05, 3.63) is 0 Å². The highest BCUT2D eigenvalue weighted by atomic mass is 16.6. The van der Waals surface area contributed by atoms with Crippen LogP contribution in [-0.2, 0) is 14.3 Å². The number of ether oxygens (including phenoxy) is 2. The Morgan fingerprint density at radius 2 is 2.20 bits per heavy atom. The Kier molecular flexibility index (Phi) is 5.39. The van der Waals surface area contributed by atoms with E-state index >= 15 is 0 Å². The molecule has 0 aromatic heterocycles. The van der Waals surface area contributed by atoms with Crippen LogP contribution in [-0.4, -0.2) is 30.6 Å². The highest BCUT2D eigenvalue weighted by Gasteiger charge is 2.23. The van der Waals surface area contributed by atoms with Gasteiger partial charge in [-0.05, 0) is 27.7 Å². The van der Waals surface area contributed by atoms with Gasteiger partial charge in [0.05, 0.1) is 6.61 Å². The molecule has 0 spiro atoms. The largest absolute Gasteiger partial charge is 0.484 e. The first-order chi connectivity index (χ1) is 6.90. The zero-order valence-corrected chi connectivity index (χ0v) is 9.48. The van der Waals surface area contributed by atoms with Crippen molar-refractivity contribution in [2.45, 2.75) is 39.3 Å². The van der Waals surface area contributed by atoms with Crippen LogP contribution in [0.1, 0.15) is 27.7 Å². The Labute approximate surface area is 89.7 Å². The van der Waals surface area contributed by atoms with Gasteiger partial charge in [0.15, 0.2) is 6.40 Å². The number of hydrogen-bond donors (Lipinski definition) is 0. The number of rotatable bonds is 4. The zero-order valence-electron chi connectivity index (χ0n) is 9.48. The van der Waals surface area contributed by atoms with Gasteiger partial charge in [-0.2, -0.15) is 5.26 Å². The lowest BCUT2D eigenvalue weighted by atomic mass is 10.2. The average Bonchev–Trinajstić information content (AvgIpc) is 2.09. The fourth-order valence-electron chi connectivity index (χ4n) is 0.683. The molecule has 84 valence electrons. The summed E-state index contributed by atoms with van der Waals surface area (Å²) in [7, 11) is 0. The maximum Gasteiger partial charge on any atom is 0.346 e. The van der Waals surface area contributed by atoms with Gasteiger partial charge in [0.1, 0.15) is 11.7 Å². The van der Waals surface area contributed by atoms with E-state index in [2.05, 4.69) is 4.99 Å². The minimum absolute atomic E-state index is 0.440. The third-order valence-corrected chi connectivity index (χ3v) is 1.20. The summed E-state index contributed by atoms with van der Waals surface area (Å²) in [5.41, 5.74) is -0.618. The summed E-state index contributed by atoms with van der Waals surface area (Å²) >= 11 is 0. The van der Waals surface area contributed by atoms with E-state index in [1.54, 1.807) is 33.8 Å². The molecule has 0 aromatic carbocycles. The van der Waals surface area contributed by atoms with Gasteiger partial charge >= 0.3 is 5.97 Å². The minimum atomic E-state index is -1.16. The second-order valence-corrected chi connectivity index (χ2v) is 3.77. The Morgan fingerprint density at radius 1 is 1.60 bits per heavy atom. The van der Waals surface area contributed by atoms with Crippen molar-refractivity contribution in [3.63, 3.8) is 0 Å². The Balaban J connectivity index is 4.31. The average molecular weight is 212 g/mol. The van der Waals surface area contributed by atoms with Crippen molar-refractivity contribution in [2.75, 3.05) is 6.61 Å². The zero-order chi connectivity index (χ0) is 11.9. The Morgan fingerprint density at radius 3 is 2.60 bits per heavy atom. The highest BCUT2D eigenvalue weighted by molar-refractivity contribution is 5.80. The lowest BCUT2D eigenvalue weighted by Crippen LogP contribution is -2.30. The smallest absolute Gasteiger partial charge is 0.346 e. The topological polar surface area (TPSA) is 71.7 Å². The van der Waals surface area contributed by atoms with Gasteiger partial charge in [0, 0.05) is 0 Å². The van der Waals surface area contributed by atoms with Crippen LogP contribution in [0.2, 0.25) is 0 Å². The second kappa shape index (κ2) is 6.02. The van der Waals surface area contributed by atoms with Crippen LogP contribution in [0.3, 0.4) is 0 Å². The number of carbonyl (C=O) groups excluding carboxylic acids is 1. The summed E-state index contributed by atoms with van der Waals surface area (Å²) in [5.74, 6) is -0.666. The van der Waals surface area contributed by atoms with Crippen LogP contribution in [0.4, 0.5) is 0 Å². The first kappa shape index (κ1) is 13.4. The molecule has 5 heteroatoms. The molecule has 0 heterocycles. The van der Waals surface area contributed by atoms with Gasteiger partial charge < -0.3 is 9.47 Å². The maximum atomic E-state index is 11.4. The minimum Gasteiger partial charge on any atom is -0.484 e. The first-order valence-electron chi connectivity index (χ1n) is 4.66. The number of hydrogen-bond acceptors (Lipinski definition) is 5. The molecule has 5 nitrogen and oxygen atoms in total. The van der Waals surface area contributed by atoms with Gasteiger partial charge in [-0.1, -0.05) is 0 Å². The van der Waals surface area contributed by atoms with E-state index in [0.717, 1.165) is 6.40 Å². The van der Waals surface area contributed by atoms with Gasteiger partial charge in [-0.15, -0.1) is 0 Å². The van der Waals surface area contributed by atoms with Crippen molar-refractivity contribution < 1.29 is 14.3 Å². The predicted molar refractivity (Wildman–Crippen MR) is 55.4 cm³/mol. The number of nitrogens with zero attached hydrogens (tertiary/aromatic N) is 2. The second-order valence-electron chi connectivity index (χ2n) is 3.77. The van der Waals surface area contributed by atoms with Crippen LogP contribution in [0.5, 0.6) is 0 Å². The summed E-state index contributed by atoms with van der Waals surface area (Å²) in [6.45, 7) is 7.40. The molecule has 1 unspecified atom stereocenters. The van der Waals surface area contributed by atoms with Crippen molar-refractivity contribution in [1.29, 1.82) is 5.26 Å². The van der Waals surface area contributed by atoms with Crippen LogP contribution in [0.25, 0.3) is 0 Å². The van der Waals surface area contributed by atoms with Crippen LogP contribution < -0.4 is 0 Å². The van der Waals surface area contributed by atoms with E-state index in [4.69, 9.17) is 14.7 Å². The Bertz CT molecular complexity index is 273. The third kappa shape index (κ3) is 6.49. The number of carbonyl (C=O) groups is 1. The molecular formula is C10H16N2O3. The molecule has 1 atom stereocenters. The van der Waals surface area contributed by atoms with E-state index in [1.165, 1.54) is 0 Å². The summed E-state index contributed by atoms with van der Waals surface area (Å²) in [6, 6.07) is 0.574. The number of nitriles is 1. The van der Waals surface area contributed by atoms with Crippen molar-refractivity contribution >= 4 is 12.4 Å². The lowest BCUT2D eigenvalue weighted by molar-refractivity contribution is -0.154. The fourth-order valence-corrected chi connectivity index (χ4v) is 0.683. The molecule has 0 aliphatic heterocycles. The summed E-state index contributed by atoms with van der Waals surface area (Å²) < 4.78 is 9.79. The molecular weight excluding hydrogens is 196 g/mol. The van der Waals surface area contributed by atoms with E-state index in [0.29, 0.717) is 6.61 Å². The molecule has 0 N–H and O–H groups in total. The lowest BCUT2D eigenvalue weighted by Gasteiger charge is -2.19. The highest BCUT2D eigenvalue weighted by Crippen LogP contribution is 2.09. The fraction of sp³-hybridized carbons (Fsp3) is 0.700. The first-order valence-corrected chi connectivity index (χ1v) is 4.66. The molecule has 0 fully saturated rings. The molecule has 0 saturated heterocycles. The molecule has 0 aliphatic carbocycles. The van der Waals surface area contributed by atoms with Crippen molar-refractivity contribution in [3.8, 4) is 6.07 Å². The maximum absolute atomic E-state index is 11.4. The van der Waals surface area contributed by atoms with Gasteiger partial charge in [-0.3, -0.25) is 0 Å². The van der Waals surface area contributed by atoms with Crippen LogP contribution in [0.15, 0.2) is 4.99 Å². The SMILES string of the molecule is CCO/C=N\C(C#N)C(=O)OC(C)(C)C. The molecule has 0 rings (SSSR count). The monoisotopic (exact) mass is 212 g/mol. The van der Waals surface area contributed by atoms with E-state index in [1.807, 2.05) is 0 Å². The molecule has 0 bridgehead atoms. The predicted octanol–water partition coefficient (Wildman–Crippen LogP) is 1.29. The molecule has 0 amide bonds.